The number of hydrogen-bond donors (Lipinski definition) is 6. The van der Waals surface area contributed by atoms with E-state index in [0.717, 1.165) is 48.3 Å². The monoisotopic (exact) mass is 993 g/mol. The van der Waals surface area contributed by atoms with Gasteiger partial charge >= 0.3 is 11.9 Å². The van der Waals surface area contributed by atoms with E-state index in [4.69, 9.17) is 23.2 Å². The van der Waals surface area contributed by atoms with Crippen molar-refractivity contribution in [2.24, 2.45) is 70.0 Å². The van der Waals surface area contributed by atoms with Crippen LogP contribution in [0.5, 0.6) is 11.5 Å². The molecule has 0 aliphatic heterocycles. The van der Waals surface area contributed by atoms with Gasteiger partial charge in [0, 0.05) is 0 Å². The zero-order valence-corrected chi connectivity index (χ0v) is 44.3. The highest BCUT2D eigenvalue weighted by Crippen LogP contribution is 2.69. The van der Waals surface area contributed by atoms with E-state index in [1.165, 1.54) is 94.9 Å². The second-order valence-corrected chi connectivity index (χ2v) is 24.5. The van der Waals surface area contributed by atoms with Crippen LogP contribution >= 0.6 is 23.2 Å². The van der Waals surface area contributed by atoms with Crippen LogP contribution in [0.1, 0.15) is 197 Å². The lowest BCUT2D eigenvalue weighted by Crippen LogP contribution is -2.53. The van der Waals surface area contributed by atoms with Crippen molar-refractivity contribution in [2.75, 3.05) is 0 Å². The summed E-state index contributed by atoms with van der Waals surface area (Å²) in [5.74, 6) is 0.846. The highest BCUT2D eigenvalue weighted by Gasteiger charge is 2.60. The minimum atomic E-state index is -1.21. The Morgan fingerprint density at radius 3 is 1.71 bits per heavy atom. The average Bonchev–Trinajstić information content (AvgIpc) is 3.63. The standard InChI is InChI=1S/C57H82Cl2N2O8/c1-31(2)12-10-13-34(7)43-18-19-44-40-17-16-38-26-35(20-22-56(38,8)45(40)21-23-57(43,44)9)14-11-15-39(36-27-41(50(62)46(58)29-36)52(64)60-48(54(66)67)24-32(3)4)37-28-42(51(63)47(59)30-37)53(65)61-49(55(68)69)25-33(5)6/h15,27-35,38,40,43-45,48-49,62-63H,10-14,16-26H2,1-9H3,(H,60,64)(H,61,65)(H,66,67)(H,68,69)/t34-,35+,38?,40+,43-,44+,45+,48+,49+,56+,57-/m1/s1. The number of nitrogens with one attached hydrogen (secondary N) is 2. The molecular formula is C57H82Cl2N2O8. The Bertz CT molecular complexity index is 2120. The molecule has 10 nitrogen and oxygen atoms in total. The number of aromatic hydroxyl groups is 2. The molecule has 0 saturated heterocycles. The molecule has 2 aromatic rings. The van der Waals surface area contributed by atoms with Gasteiger partial charge in [-0.05, 0) is 194 Å². The molecule has 69 heavy (non-hydrogen) atoms. The molecule has 2 amide bonds. The Labute approximate surface area is 422 Å². The molecule has 12 heteroatoms. The van der Waals surface area contributed by atoms with Gasteiger partial charge in [-0.2, -0.15) is 0 Å². The Kier molecular flexibility index (Phi) is 18.0. The second-order valence-electron chi connectivity index (χ2n) is 23.7. The number of fused-ring (bicyclic) bond motifs is 5. The van der Waals surface area contributed by atoms with E-state index in [2.05, 4.69) is 45.3 Å². The first-order valence-corrected chi connectivity index (χ1v) is 27.0. The number of rotatable bonds is 20. The van der Waals surface area contributed by atoms with Crippen LogP contribution in [0.25, 0.3) is 5.57 Å². The topological polar surface area (TPSA) is 173 Å². The SMILES string of the molecule is CC(C)CCC[C@@H](C)[C@H]1CC[C@H]2[C@@H]3CCC4C[C@@H](CCC=C(c5cc(Cl)c(O)c(C(=O)N[C@@H](CC(C)C)C(=O)O)c5)c5cc(Cl)c(O)c(C(=O)N[C@@H](CC(C)C)C(=O)O)c5)CC[C@]4(C)[C@H]3CC[C@]12C. The van der Waals surface area contributed by atoms with Gasteiger partial charge < -0.3 is 31.1 Å². The Morgan fingerprint density at radius 2 is 1.20 bits per heavy atom. The summed E-state index contributed by atoms with van der Waals surface area (Å²) in [6.45, 7) is 19.9. The Hall–Kier alpha value is -3.76. The summed E-state index contributed by atoms with van der Waals surface area (Å²) < 4.78 is 0. The lowest BCUT2D eigenvalue weighted by molar-refractivity contribution is -0.140. The third-order valence-corrected chi connectivity index (χ3v) is 18.3. The van der Waals surface area contributed by atoms with Crippen molar-refractivity contribution in [1.29, 1.82) is 0 Å². The maximum absolute atomic E-state index is 13.7. The number of phenols is 2. The van der Waals surface area contributed by atoms with Crippen molar-refractivity contribution in [2.45, 2.75) is 177 Å². The van der Waals surface area contributed by atoms with Crippen LogP contribution in [0.2, 0.25) is 10.0 Å². The van der Waals surface area contributed by atoms with Crippen LogP contribution in [-0.2, 0) is 9.59 Å². The van der Waals surface area contributed by atoms with Gasteiger partial charge in [0.1, 0.15) is 23.6 Å². The fourth-order valence-corrected chi connectivity index (χ4v) is 14.7. The number of phenolic OH excluding ortho intramolecular Hbond substituents is 2. The largest absolute Gasteiger partial charge is 0.506 e. The number of carboxylic acid groups (broad SMARTS) is 2. The molecule has 4 saturated carbocycles. The maximum Gasteiger partial charge on any atom is 0.326 e. The number of benzene rings is 2. The van der Waals surface area contributed by atoms with Crippen LogP contribution in [0.4, 0.5) is 0 Å². The first kappa shape index (κ1) is 54.6. The quantitative estimate of drug-likeness (QED) is 0.0760. The molecule has 0 radical (unpaired) electrons. The minimum absolute atomic E-state index is 0.0409. The fraction of sp³-hybridized carbons (Fsp3) is 0.684. The van der Waals surface area contributed by atoms with Gasteiger partial charge in [0.05, 0.1) is 21.2 Å². The number of aliphatic carboxylic acids is 2. The van der Waals surface area contributed by atoms with E-state index in [-0.39, 0.29) is 45.8 Å². The summed E-state index contributed by atoms with van der Waals surface area (Å²) in [5.41, 5.74) is 1.66. The van der Waals surface area contributed by atoms with Crippen molar-refractivity contribution in [3.63, 3.8) is 0 Å². The van der Waals surface area contributed by atoms with Crippen LogP contribution < -0.4 is 10.6 Å². The predicted molar refractivity (Wildman–Crippen MR) is 276 cm³/mol. The number of carboxylic acids is 2. The average molecular weight is 994 g/mol. The van der Waals surface area contributed by atoms with Gasteiger partial charge in [-0.25, -0.2) is 9.59 Å². The van der Waals surface area contributed by atoms with E-state index in [9.17, 15) is 39.6 Å². The van der Waals surface area contributed by atoms with Gasteiger partial charge in [0.25, 0.3) is 11.8 Å². The molecule has 1 unspecified atom stereocenters. The predicted octanol–water partition coefficient (Wildman–Crippen LogP) is 13.8. The number of allylic oxidation sites excluding steroid dienone is 1. The lowest BCUT2D eigenvalue weighted by atomic mass is 9.44. The van der Waals surface area contributed by atoms with Crippen LogP contribution in [0, 0.1) is 70.0 Å². The summed E-state index contributed by atoms with van der Waals surface area (Å²) in [6.07, 6.45) is 19.6. The Balaban J connectivity index is 1.25. The smallest absolute Gasteiger partial charge is 0.326 e. The second kappa shape index (κ2) is 22.8. The van der Waals surface area contributed by atoms with Gasteiger partial charge in [0.2, 0.25) is 0 Å². The molecule has 4 fully saturated rings. The summed E-state index contributed by atoms with van der Waals surface area (Å²) in [5, 5.41) is 46.9. The number of amides is 2. The van der Waals surface area contributed by atoms with Gasteiger partial charge in [-0.3, -0.25) is 9.59 Å². The molecule has 0 heterocycles. The summed E-state index contributed by atoms with van der Waals surface area (Å²) in [4.78, 5) is 51.8. The summed E-state index contributed by atoms with van der Waals surface area (Å²) >= 11 is 13.3. The van der Waals surface area contributed by atoms with Crippen LogP contribution in [0.15, 0.2) is 30.3 Å². The van der Waals surface area contributed by atoms with Crippen LogP contribution in [0.3, 0.4) is 0 Å². The zero-order valence-electron chi connectivity index (χ0n) is 42.8. The van der Waals surface area contributed by atoms with Gasteiger partial charge in [0.15, 0.2) is 0 Å². The third-order valence-electron chi connectivity index (χ3n) is 17.8. The van der Waals surface area contributed by atoms with Crippen molar-refractivity contribution < 1.29 is 39.6 Å². The number of carbonyl (C=O) groups is 4. The number of carbonyl (C=O) groups excluding carboxylic acids is 2. The maximum atomic E-state index is 13.7. The molecule has 6 rings (SSSR count). The highest BCUT2D eigenvalue weighted by molar-refractivity contribution is 6.33. The van der Waals surface area contributed by atoms with E-state index in [0.29, 0.717) is 45.8 Å². The highest BCUT2D eigenvalue weighted by atomic mass is 35.5. The Morgan fingerprint density at radius 1 is 0.681 bits per heavy atom. The van der Waals surface area contributed by atoms with Gasteiger partial charge in [-0.1, -0.05) is 111 Å². The number of halogens is 2. The molecule has 0 aromatic heterocycles. The molecule has 2 aromatic carbocycles. The molecule has 4 aliphatic rings. The third kappa shape index (κ3) is 12.3. The fourth-order valence-electron chi connectivity index (χ4n) is 14.2. The van der Waals surface area contributed by atoms with E-state index in [1.54, 1.807) is 0 Å². The molecular weight excluding hydrogens is 912 g/mol. The minimum Gasteiger partial charge on any atom is -0.506 e. The van der Waals surface area contributed by atoms with Crippen molar-refractivity contribution in [1.82, 2.24) is 10.6 Å². The summed E-state index contributed by atoms with van der Waals surface area (Å²) in [7, 11) is 0. The molecule has 382 valence electrons. The summed E-state index contributed by atoms with van der Waals surface area (Å²) in [6, 6.07) is 3.48. The first-order valence-electron chi connectivity index (χ1n) is 26.3. The number of hydrogen-bond acceptors (Lipinski definition) is 6. The van der Waals surface area contributed by atoms with Gasteiger partial charge in [-0.15, -0.1) is 0 Å². The molecule has 11 atom stereocenters. The zero-order chi connectivity index (χ0) is 50.7. The molecule has 4 aliphatic carbocycles. The molecule has 0 spiro atoms. The van der Waals surface area contributed by atoms with Crippen molar-refractivity contribution in [3.05, 3.63) is 62.6 Å². The lowest BCUT2D eigenvalue weighted by Gasteiger charge is -2.61. The normalized spacial score (nSPS) is 27.7. The van der Waals surface area contributed by atoms with E-state index in [1.807, 2.05) is 33.8 Å². The van der Waals surface area contributed by atoms with Crippen LogP contribution in [-0.4, -0.2) is 56.3 Å². The van der Waals surface area contributed by atoms with E-state index >= 15 is 0 Å². The van der Waals surface area contributed by atoms with Crippen molar-refractivity contribution in [3.8, 4) is 11.5 Å². The van der Waals surface area contributed by atoms with Crippen molar-refractivity contribution >= 4 is 52.5 Å². The molecule has 0 bridgehead atoms. The first-order chi connectivity index (χ1) is 32.4. The van der Waals surface area contributed by atoms with E-state index < -0.39 is 47.3 Å². The molecule has 6 N–H and O–H groups in total.